The third-order valence-corrected chi connectivity index (χ3v) is 17.4. The fourth-order valence-electron chi connectivity index (χ4n) is 13.2. The molecule has 0 aromatic heterocycles. The summed E-state index contributed by atoms with van der Waals surface area (Å²) in [5.41, 5.74) is 21.8. The van der Waals surface area contributed by atoms with E-state index in [1.165, 1.54) is 128 Å². The highest BCUT2D eigenvalue weighted by Gasteiger charge is 2.57. The lowest BCUT2D eigenvalue weighted by Crippen LogP contribution is -2.62. The molecule has 2 unspecified atom stereocenters. The zero-order chi connectivity index (χ0) is 45.6. The summed E-state index contributed by atoms with van der Waals surface area (Å²) in [6.45, 7) is 29.2. The number of para-hydroxylation sites is 2. The average Bonchev–Trinajstić information content (AvgIpc) is 3.33. The first-order chi connectivity index (χ1) is 30.7. The second-order valence-electron chi connectivity index (χ2n) is 24.4. The molecule has 0 saturated heterocycles. The van der Waals surface area contributed by atoms with E-state index in [1.54, 1.807) is 0 Å². The molecule has 0 radical (unpaired) electrons. The molecule has 3 nitrogen and oxygen atoms in total. The molecule has 6 aromatic rings. The Morgan fingerprint density at radius 3 is 1.65 bits per heavy atom. The molecule has 332 valence electrons. The van der Waals surface area contributed by atoms with E-state index in [2.05, 4.69) is 219 Å². The third-order valence-electron chi connectivity index (χ3n) is 17.4. The van der Waals surface area contributed by atoms with Crippen LogP contribution in [0.3, 0.4) is 0 Å². The number of rotatable bonds is 3. The molecular formula is C61H70BN3. The molecule has 0 bridgehead atoms. The van der Waals surface area contributed by atoms with E-state index in [4.69, 9.17) is 0 Å². The topological polar surface area (TPSA) is 9.72 Å². The second-order valence-corrected chi connectivity index (χ2v) is 24.4. The molecular weight excluding hydrogens is 786 g/mol. The van der Waals surface area contributed by atoms with Crippen molar-refractivity contribution in [3.8, 4) is 0 Å². The summed E-state index contributed by atoms with van der Waals surface area (Å²) < 4.78 is 0. The molecule has 1 saturated carbocycles. The SMILES string of the molecule is CC(C)(C)c1ccc(N2c3ccc(C(C)(C)C)cc3B3c4cc5c(cc4N(c4ccccc4)c4cc(N6c7ccccc7C7(C)CCCCCC67C)cc2c43)C(C)(C)CCC5(C)C)cc1. The van der Waals surface area contributed by atoms with Gasteiger partial charge < -0.3 is 14.7 Å². The van der Waals surface area contributed by atoms with Crippen LogP contribution in [0.5, 0.6) is 0 Å². The summed E-state index contributed by atoms with van der Waals surface area (Å²) in [6, 6.07) is 48.3. The molecule has 5 aliphatic rings. The van der Waals surface area contributed by atoms with Gasteiger partial charge in [-0.05, 0) is 153 Å². The quantitative estimate of drug-likeness (QED) is 0.164. The Kier molecular flexibility index (Phi) is 9.23. The van der Waals surface area contributed by atoms with E-state index in [-0.39, 0.29) is 39.3 Å². The van der Waals surface area contributed by atoms with Gasteiger partial charge in [0.05, 0.1) is 5.54 Å². The number of anilines is 8. The molecule has 6 aromatic carbocycles. The normalized spacial score (nSPS) is 22.6. The minimum Gasteiger partial charge on any atom is -0.334 e. The first-order valence-corrected chi connectivity index (χ1v) is 24.9. The molecule has 3 heterocycles. The van der Waals surface area contributed by atoms with Crippen molar-refractivity contribution in [1.82, 2.24) is 0 Å². The summed E-state index contributed by atoms with van der Waals surface area (Å²) in [5, 5.41) is 0. The van der Waals surface area contributed by atoms with Crippen molar-refractivity contribution in [1.29, 1.82) is 0 Å². The van der Waals surface area contributed by atoms with E-state index < -0.39 is 0 Å². The largest absolute Gasteiger partial charge is 0.334 e. The second kappa shape index (κ2) is 14.1. The lowest BCUT2D eigenvalue weighted by Gasteiger charge is -2.49. The number of hydrogen-bond acceptors (Lipinski definition) is 3. The summed E-state index contributed by atoms with van der Waals surface area (Å²) in [5.74, 6) is 0. The van der Waals surface area contributed by atoms with Gasteiger partial charge in [0.25, 0.3) is 6.71 Å². The Balaban J connectivity index is 1.28. The van der Waals surface area contributed by atoms with Crippen LogP contribution < -0.4 is 31.1 Å². The van der Waals surface area contributed by atoms with Crippen LogP contribution in [0.1, 0.15) is 156 Å². The van der Waals surface area contributed by atoms with Crippen molar-refractivity contribution >= 4 is 68.6 Å². The van der Waals surface area contributed by atoms with Gasteiger partial charge in [-0.25, -0.2) is 0 Å². The van der Waals surface area contributed by atoms with Gasteiger partial charge in [0.15, 0.2) is 0 Å². The zero-order valence-electron chi connectivity index (χ0n) is 41.4. The fourth-order valence-corrected chi connectivity index (χ4v) is 13.2. The fraction of sp³-hybridized carbons (Fsp3) is 0.410. The predicted molar refractivity (Wildman–Crippen MR) is 281 cm³/mol. The summed E-state index contributed by atoms with van der Waals surface area (Å²) in [7, 11) is 0. The van der Waals surface area contributed by atoms with Gasteiger partial charge in [0, 0.05) is 50.9 Å². The van der Waals surface area contributed by atoms with Crippen molar-refractivity contribution in [2.75, 3.05) is 14.7 Å². The molecule has 0 spiro atoms. The van der Waals surface area contributed by atoms with Gasteiger partial charge in [-0.2, -0.15) is 0 Å². The Bertz CT molecular complexity index is 2870. The standard InChI is InChI=1S/C61H70BN3/c1-56(2,3)40-25-28-43(29-26-40)63-51-30-27-41(57(4,5)6)35-48(51)62-49-38-46-47(59(9,10)34-33-58(46,7)8)39-52(49)64(42-21-15-13-16-22-42)54-37-44(36-53(63)55(54)62)65-50-24-18-17-23-45(50)60(11)31-19-14-20-32-61(60,65)12/h13,15-18,21-30,35-39H,14,19-20,31-34H2,1-12H3. The lowest BCUT2D eigenvalue weighted by atomic mass is 9.33. The van der Waals surface area contributed by atoms with Crippen LogP contribution in [0.25, 0.3) is 0 Å². The molecule has 11 rings (SSSR count). The van der Waals surface area contributed by atoms with Crippen LogP contribution in [0.15, 0.2) is 121 Å². The highest BCUT2D eigenvalue weighted by atomic mass is 15.3. The number of benzene rings is 6. The first kappa shape index (κ1) is 42.4. The maximum Gasteiger partial charge on any atom is 0.252 e. The van der Waals surface area contributed by atoms with E-state index in [9.17, 15) is 0 Å². The molecule has 2 atom stereocenters. The smallest absolute Gasteiger partial charge is 0.252 e. The number of hydrogen-bond donors (Lipinski definition) is 0. The average molecular weight is 856 g/mol. The van der Waals surface area contributed by atoms with Crippen LogP contribution in [0.2, 0.25) is 0 Å². The van der Waals surface area contributed by atoms with Crippen molar-refractivity contribution in [3.63, 3.8) is 0 Å². The Morgan fingerprint density at radius 2 is 0.985 bits per heavy atom. The van der Waals surface area contributed by atoms with Gasteiger partial charge in [0.2, 0.25) is 0 Å². The van der Waals surface area contributed by atoms with Crippen LogP contribution >= 0.6 is 0 Å². The minimum absolute atomic E-state index is 0.0133. The van der Waals surface area contributed by atoms with E-state index in [0.29, 0.717) is 0 Å². The summed E-state index contributed by atoms with van der Waals surface area (Å²) in [6.07, 6.45) is 8.53. The molecule has 4 heteroatoms. The van der Waals surface area contributed by atoms with E-state index in [0.717, 1.165) is 6.42 Å². The first-order valence-electron chi connectivity index (χ1n) is 24.9. The van der Waals surface area contributed by atoms with Crippen molar-refractivity contribution in [2.45, 2.75) is 161 Å². The van der Waals surface area contributed by atoms with Crippen LogP contribution in [-0.4, -0.2) is 12.3 Å². The van der Waals surface area contributed by atoms with Gasteiger partial charge >= 0.3 is 0 Å². The van der Waals surface area contributed by atoms with Gasteiger partial charge in [-0.1, -0.05) is 162 Å². The molecule has 1 fully saturated rings. The highest BCUT2D eigenvalue weighted by molar-refractivity contribution is 7.00. The predicted octanol–water partition coefficient (Wildman–Crippen LogP) is 14.8. The van der Waals surface area contributed by atoms with Gasteiger partial charge in [-0.3, -0.25) is 0 Å². The van der Waals surface area contributed by atoms with Crippen LogP contribution in [0.4, 0.5) is 45.5 Å². The lowest BCUT2D eigenvalue weighted by molar-refractivity contribution is 0.261. The third kappa shape index (κ3) is 6.20. The summed E-state index contributed by atoms with van der Waals surface area (Å²) in [4.78, 5) is 8.13. The molecule has 0 amide bonds. The molecule has 65 heavy (non-hydrogen) atoms. The maximum absolute atomic E-state index is 2.82. The molecule has 2 aliphatic carbocycles. The van der Waals surface area contributed by atoms with Crippen molar-refractivity contribution in [2.24, 2.45) is 0 Å². The van der Waals surface area contributed by atoms with Gasteiger partial charge in [-0.15, -0.1) is 0 Å². The zero-order valence-corrected chi connectivity index (χ0v) is 41.4. The Labute approximate surface area is 391 Å². The van der Waals surface area contributed by atoms with Gasteiger partial charge in [0.1, 0.15) is 0 Å². The summed E-state index contributed by atoms with van der Waals surface area (Å²) >= 11 is 0. The Hall–Kier alpha value is -5.22. The van der Waals surface area contributed by atoms with E-state index in [1.807, 2.05) is 0 Å². The van der Waals surface area contributed by atoms with Crippen LogP contribution in [0, 0.1) is 0 Å². The number of fused-ring (bicyclic) bond motifs is 8. The maximum atomic E-state index is 2.82. The van der Waals surface area contributed by atoms with Crippen LogP contribution in [-0.2, 0) is 27.1 Å². The highest BCUT2D eigenvalue weighted by Crippen LogP contribution is 2.61. The van der Waals surface area contributed by atoms with Crippen molar-refractivity contribution < 1.29 is 0 Å². The van der Waals surface area contributed by atoms with Crippen molar-refractivity contribution in [3.05, 3.63) is 149 Å². The monoisotopic (exact) mass is 856 g/mol. The molecule has 0 N–H and O–H groups in total. The molecule has 3 aliphatic heterocycles. The minimum atomic E-state index is -0.0975. The number of nitrogens with zero attached hydrogens (tertiary/aromatic N) is 3. The Morgan fingerprint density at radius 1 is 0.431 bits per heavy atom. The van der Waals surface area contributed by atoms with E-state index >= 15 is 0 Å².